The van der Waals surface area contributed by atoms with E-state index in [1.807, 2.05) is 18.2 Å². The Morgan fingerprint density at radius 2 is 2.29 bits per heavy atom. The van der Waals surface area contributed by atoms with Crippen molar-refractivity contribution in [3.8, 4) is 17.1 Å². The second-order valence-corrected chi connectivity index (χ2v) is 4.35. The van der Waals surface area contributed by atoms with E-state index in [1.165, 1.54) is 0 Å². The van der Waals surface area contributed by atoms with Gasteiger partial charge in [-0.15, -0.1) is 0 Å². The molecular weight excluding hydrogens is 284 g/mol. The fourth-order valence-corrected chi connectivity index (χ4v) is 2.02. The molecule has 1 aromatic heterocycles. The van der Waals surface area contributed by atoms with Gasteiger partial charge in [0.1, 0.15) is 11.6 Å². The second-order valence-electron chi connectivity index (χ2n) is 3.49. The summed E-state index contributed by atoms with van der Waals surface area (Å²) in [6.07, 6.45) is 0.699. The van der Waals surface area contributed by atoms with E-state index in [9.17, 15) is 0 Å². The topological polar surface area (TPSA) is 76.8 Å². The lowest BCUT2D eigenvalue weighted by molar-refractivity contribution is 0.412. The van der Waals surface area contributed by atoms with E-state index in [0.717, 1.165) is 21.6 Å². The van der Waals surface area contributed by atoms with Crippen molar-refractivity contribution < 1.29 is 4.74 Å². The Morgan fingerprint density at radius 1 is 1.47 bits per heavy atom. The lowest BCUT2D eigenvalue weighted by Gasteiger charge is -2.03. The van der Waals surface area contributed by atoms with Crippen LogP contribution >= 0.6 is 15.9 Å². The lowest BCUT2D eigenvalue weighted by Crippen LogP contribution is -2.03. The predicted octanol–water partition coefficient (Wildman–Crippen LogP) is 1.74. The molecule has 0 aliphatic heterocycles. The average Bonchev–Trinajstić information content (AvgIpc) is 2.78. The van der Waals surface area contributed by atoms with Crippen LogP contribution in [0.15, 0.2) is 22.7 Å². The number of hydrogen-bond donors (Lipinski definition) is 2. The molecule has 0 spiro atoms. The first-order valence-corrected chi connectivity index (χ1v) is 5.99. The Labute approximate surface area is 108 Å². The van der Waals surface area contributed by atoms with Crippen molar-refractivity contribution >= 4 is 15.9 Å². The van der Waals surface area contributed by atoms with Crippen molar-refractivity contribution in [3.63, 3.8) is 0 Å². The molecule has 90 valence electrons. The highest BCUT2D eigenvalue weighted by Crippen LogP contribution is 2.28. The Morgan fingerprint density at radius 3 is 2.94 bits per heavy atom. The van der Waals surface area contributed by atoms with Crippen LogP contribution in [0.25, 0.3) is 11.4 Å². The molecule has 0 aliphatic carbocycles. The number of methoxy groups -OCH3 is 1. The predicted molar refractivity (Wildman–Crippen MR) is 68.8 cm³/mol. The summed E-state index contributed by atoms with van der Waals surface area (Å²) < 4.78 is 6.05. The molecule has 0 unspecified atom stereocenters. The van der Waals surface area contributed by atoms with Crippen molar-refractivity contribution in [1.82, 2.24) is 15.2 Å². The molecule has 6 heteroatoms. The standard InChI is InChI=1S/C11H13BrN4O/c1-17-9-3-2-7(6-8(9)12)11-14-10(4-5-13)15-16-11/h2-3,6H,4-5,13H2,1H3,(H,14,15,16). The van der Waals surface area contributed by atoms with Gasteiger partial charge in [0, 0.05) is 12.0 Å². The number of nitrogens with one attached hydrogen (secondary N) is 1. The SMILES string of the molecule is COc1ccc(-c2n[nH]c(CCN)n2)cc1Br. The fraction of sp³-hybridized carbons (Fsp3) is 0.273. The second kappa shape index (κ2) is 5.29. The van der Waals surface area contributed by atoms with Crippen LogP contribution < -0.4 is 10.5 Å². The van der Waals surface area contributed by atoms with Crippen molar-refractivity contribution in [1.29, 1.82) is 0 Å². The maximum absolute atomic E-state index is 5.46. The van der Waals surface area contributed by atoms with Gasteiger partial charge in [-0.2, -0.15) is 5.10 Å². The minimum atomic E-state index is 0.556. The van der Waals surface area contributed by atoms with Crippen LogP contribution in [-0.2, 0) is 6.42 Å². The van der Waals surface area contributed by atoms with Crippen LogP contribution in [0.4, 0.5) is 0 Å². The minimum Gasteiger partial charge on any atom is -0.496 e. The molecule has 0 aliphatic rings. The number of nitrogens with zero attached hydrogens (tertiary/aromatic N) is 2. The van der Waals surface area contributed by atoms with Crippen molar-refractivity contribution in [2.75, 3.05) is 13.7 Å². The molecular formula is C11H13BrN4O. The summed E-state index contributed by atoms with van der Waals surface area (Å²) in [6.45, 7) is 0.556. The smallest absolute Gasteiger partial charge is 0.181 e. The molecule has 1 heterocycles. The number of benzene rings is 1. The third kappa shape index (κ3) is 2.65. The monoisotopic (exact) mass is 296 g/mol. The van der Waals surface area contributed by atoms with E-state index in [0.29, 0.717) is 18.8 Å². The molecule has 5 nitrogen and oxygen atoms in total. The normalized spacial score (nSPS) is 10.5. The van der Waals surface area contributed by atoms with E-state index >= 15 is 0 Å². The van der Waals surface area contributed by atoms with Crippen LogP contribution in [0.1, 0.15) is 5.82 Å². The van der Waals surface area contributed by atoms with E-state index in [2.05, 4.69) is 31.1 Å². The van der Waals surface area contributed by atoms with Crippen LogP contribution in [0.2, 0.25) is 0 Å². The lowest BCUT2D eigenvalue weighted by atomic mass is 10.2. The maximum atomic E-state index is 5.46. The zero-order chi connectivity index (χ0) is 12.3. The highest BCUT2D eigenvalue weighted by Gasteiger charge is 2.08. The summed E-state index contributed by atoms with van der Waals surface area (Å²) in [5, 5.41) is 7.01. The van der Waals surface area contributed by atoms with Gasteiger partial charge in [-0.25, -0.2) is 4.98 Å². The number of hydrogen-bond acceptors (Lipinski definition) is 4. The molecule has 1 aromatic carbocycles. The first-order chi connectivity index (χ1) is 8.24. The quantitative estimate of drug-likeness (QED) is 0.901. The van der Waals surface area contributed by atoms with Gasteiger partial charge in [0.15, 0.2) is 5.82 Å². The molecule has 0 amide bonds. The van der Waals surface area contributed by atoms with Gasteiger partial charge in [0.25, 0.3) is 0 Å². The number of aromatic nitrogens is 3. The molecule has 3 N–H and O–H groups in total. The molecule has 0 saturated carbocycles. The molecule has 0 bridgehead atoms. The number of nitrogens with two attached hydrogens (primary N) is 1. The minimum absolute atomic E-state index is 0.556. The summed E-state index contributed by atoms with van der Waals surface area (Å²) in [6, 6.07) is 5.71. The van der Waals surface area contributed by atoms with Gasteiger partial charge in [0.2, 0.25) is 0 Å². The van der Waals surface area contributed by atoms with Crippen LogP contribution in [0, 0.1) is 0 Å². The van der Waals surface area contributed by atoms with Gasteiger partial charge in [0.05, 0.1) is 11.6 Å². The molecule has 0 saturated heterocycles. The van der Waals surface area contributed by atoms with Gasteiger partial charge in [-0.05, 0) is 40.7 Å². The summed E-state index contributed by atoms with van der Waals surface area (Å²) in [7, 11) is 1.63. The molecule has 0 radical (unpaired) electrons. The largest absolute Gasteiger partial charge is 0.496 e. The van der Waals surface area contributed by atoms with Gasteiger partial charge in [-0.1, -0.05) is 0 Å². The van der Waals surface area contributed by atoms with Gasteiger partial charge >= 0.3 is 0 Å². The van der Waals surface area contributed by atoms with Crippen molar-refractivity contribution in [3.05, 3.63) is 28.5 Å². The fourth-order valence-electron chi connectivity index (χ4n) is 1.48. The summed E-state index contributed by atoms with van der Waals surface area (Å²) >= 11 is 3.43. The Balaban J connectivity index is 2.29. The van der Waals surface area contributed by atoms with Crippen LogP contribution in [0.5, 0.6) is 5.75 Å². The Kier molecular flexibility index (Phi) is 3.75. The number of ether oxygens (including phenoxy) is 1. The number of H-pyrrole nitrogens is 1. The highest BCUT2D eigenvalue weighted by molar-refractivity contribution is 9.10. The number of halogens is 1. The summed E-state index contributed by atoms with van der Waals surface area (Å²) in [5.41, 5.74) is 6.39. The summed E-state index contributed by atoms with van der Waals surface area (Å²) in [4.78, 5) is 4.36. The molecule has 2 rings (SSSR count). The molecule has 0 atom stereocenters. The first-order valence-electron chi connectivity index (χ1n) is 5.20. The van der Waals surface area contributed by atoms with Crippen LogP contribution in [-0.4, -0.2) is 28.8 Å². The van der Waals surface area contributed by atoms with Crippen molar-refractivity contribution in [2.24, 2.45) is 5.73 Å². The van der Waals surface area contributed by atoms with Gasteiger partial charge in [-0.3, -0.25) is 5.10 Å². The van der Waals surface area contributed by atoms with Crippen LogP contribution in [0.3, 0.4) is 0 Å². The Bertz CT molecular complexity index is 512. The third-order valence-corrected chi connectivity index (χ3v) is 2.94. The molecule has 17 heavy (non-hydrogen) atoms. The number of rotatable bonds is 4. The highest BCUT2D eigenvalue weighted by atomic mass is 79.9. The van der Waals surface area contributed by atoms with Crippen molar-refractivity contribution in [2.45, 2.75) is 6.42 Å². The summed E-state index contributed by atoms with van der Waals surface area (Å²) in [5.74, 6) is 2.25. The molecule has 0 fully saturated rings. The van der Waals surface area contributed by atoms with E-state index in [4.69, 9.17) is 10.5 Å². The third-order valence-electron chi connectivity index (χ3n) is 2.32. The zero-order valence-electron chi connectivity index (χ0n) is 9.40. The van der Waals surface area contributed by atoms with E-state index in [1.54, 1.807) is 7.11 Å². The zero-order valence-corrected chi connectivity index (χ0v) is 11.0. The number of aromatic amines is 1. The first kappa shape index (κ1) is 12.1. The maximum Gasteiger partial charge on any atom is 0.181 e. The van der Waals surface area contributed by atoms with Gasteiger partial charge < -0.3 is 10.5 Å². The van der Waals surface area contributed by atoms with E-state index in [-0.39, 0.29) is 0 Å². The Hall–Kier alpha value is -1.40. The van der Waals surface area contributed by atoms with E-state index < -0.39 is 0 Å². The molecule has 2 aromatic rings. The average molecular weight is 297 g/mol.